The molecule has 1 amide bonds. The Labute approximate surface area is 181 Å². The zero-order chi connectivity index (χ0) is 21.3. The maximum Gasteiger partial charge on any atom is 0.296 e. The third kappa shape index (κ3) is 4.29. The van der Waals surface area contributed by atoms with Crippen LogP contribution in [0.5, 0.6) is 0 Å². The van der Waals surface area contributed by atoms with E-state index in [1.54, 1.807) is 36.4 Å². The molecule has 1 aromatic carbocycles. The highest BCUT2D eigenvalue weighted by molar-refractivity contribution is 8.12. The molecule has 0 spiro atoms. The normalized spacial score (nSPS) is 19.2. The number of nitriles is 1. The summed E-state index contributed by atoms with van der Waals surface area (Å²) in [6, 6.07) is 16.1. The Kier molecular flexibility index (Phi) is 5.71. The Hall–Kier alpha value is -2.58. The summed E-state index contributed by atoms with van der Waals surface area (Å²) < 4.78 is 37.8. The maximum absolute atomic E-state index is 12.9. The van der Waals surface area contributed by atoms with Crippen LogP contribution < -0.4 is 0 Å². The van der Waals surface area contributed by atoms with Gasteiger partial charge < -0.3 is 9.32 Å². The van der Waals surface area contributed by atoms with Crippen LogP contribution in [0.4, 0.5) is 0 Å². The van der Waals surface area contributed by atoms with Crippen molar-refractivity contribution in [2.45, 2.75) is 22.9 Å². The first-order valence-corrected chi connectivity index (χ1v) is 12.2. The zero-order valence-corrected chi connectivity index (χ0v) is 17.9. The fraction of sp³-hybridized carbons (Fsp3) is 0.200. The van der Waals surface area contributed by atoms with Gasteiger partial charge in [-0.3, -0.25) is 9.35 Å². The van der Waals surface area contributed by atoms with Crippen molar-refractivity contribution in [2.75, 3.05) is 0 Å². The Morgan fingerprint density at radius 2 is 1.93 bits per heavy atom. The van der Waals surface area contributed by atoms with Crippen molar-refractivity contribution in [3.8, 4) is 17.4 Å². The number of benzene rings is 1. The van der Waals surface area contributed by atoms with E-state index in [-0.39, 0.29) is 18.9 Å². The molecule has 0 saturated carbocycles. The number of hydrogen-bond acceptors (Lipinski definition) is 7. The first kappa shape index (κ1) is 20.7. The van der Waals surface area contributed by atoms with Crippen molar-refractivity contribution in [1.82, 2.24) is 4.90 Å². The minimum absolute atomic E-state index is 0.124. The molecule has 1 aliphatic heterocycles. The minimum Gasteiger partial charge on any atom is -0.461 e. The van der Waals surface area contributed by atoms with Crippen LogP contribution >= 0.6 is 23.1 Å². The summed E-state index contributed by atoms with van der Waals surface area (Å²) in [6.45, 7) is 0.124. The van der Waals surface area contributed by atoms with Crippen molar-refractivity contribution in [3.63, 3.8) is 0 Å². The first-order chi connectivity index (χ1) is 14.3. The second-order valence-corrected chi connectivity index (χ2v) is 10.7. The molecule has 2 atom stereocenters. The van der Waals surface area contributed by atoms with Crippen molar-refractivity contribution in [1.29, 1.82) is 5.26 Å². The molecule has 7 nitrogen and oxygen atoms in total. The fourth-order valence-corrected chi connectivity index (χ4v) is 6.47. The molecule has 0 bridgehead atoms. The number of rotatable bonds is 6. The quantitative estimate of drug-likeness (QED) is 0.558. The van der Waals surface area contributed by atoms with E-state index in [9.17, 15) is 17.8 Å². The summed E-state index contributed by atoms with van der Waals surface area (Å²) in [5, 5.41) is 10.1. The summed E-state index contributed by atoms with van der Waals surface area (Å²) >= 11 is 2.32. The SMILES string of the molecule is N#Cc1ccc(-c2ccc(CC3SC(S(=O)(=O)O)N(Cc4cccs4)C3=O)o2)cc1. The molecule has 2 aromatic heterocycles. The lowest BCUT2D eigenvalue weighted by atomic mass is 10.1. The summed E-state index contributed by atoms with van der Waals surface area (Å²) in [5.41, 5.74) is 1.33. The molecular formula is C20H16N2O5S3. The van der Waals surface area contributed by atoms with Crippen LogP contribution in [-0.4, -0.2) is 33.7 Å². The maximum atomic E-state index is 12.9. The number of hydrogen-bond donors (Lipinski definition) is 1. The van der Waals surface area contributed by atoms with E-state index in [4.69, 9.17) is 9.68 Å². The highest BCUT2D eigenvalue weighted by Gasteiger charge is 2.46. The number of furan rings is 1. The Bertz CT molecular complexity index is 1190. The van der Waals surface area contributed by atoms with Gasteiger partial charge in [-0.1, -0.05) is 6.07 Å². The van der Waals surface area contributed by atoms with Crippen LogP contribution in [-0.2, 0) is 27.9 Å². The van der Waals surface area contributed by atoms with Gasteiger partial charge in [-0.25, -0.2) is 0 Å². The van der Waals surface area contributed by atoms with E-state index in [0.29, 0.717) is 17.1 Å². The molecule has 1 fully saturated rings. The average molecular weight is 461 g/mol. The zero-order valence-electron chi connectivity index (χ0n) is 15.5. The Morgan fingerprint density at radius 1 is 1.17 bits per heavy atom. The molecule has 1 aliphatic rings. The third-order valence-electron chi connectivity index (χ3n) is 4.60. The Balaban J connectivity index is 1.52. The topological polar surface area (TPSA) is 112 Å². The third-order valence-corrected chi connectivity index (χ3v) is 8.47. The number of carbonyl (C=O) groups is 1. The Morgan fingerprint density at radius 3 is 2.57 bits per heavy atom. The second-order valence-electron chi connectivity index (χ2n) is 6.65. The van der Waals surface area contributed by atoms with Gasteiger partial charge in [0.05, 0.1) is 23.4 Å². The molecule has 1 N–H and O–H groups in total. The van der Waals surface area contributed by atoms with Crippen LogP contribution in [0.15, 0.2) is 58.3 Å². The van der Waals surface area contributed by atoms with Crippen molar-refractivity contribution in [3.05, 3.63) is 70.1 Å². The van der Waals surface area contributed by atoms with E-state index in [0.717, 1.165) is 22.2 Å². The van der Waals surface area contributed by atoms with Crippen molar-refractivity contribution in [2.24, 2.45) is 0 Å². The van der Waals surface area contributed by atoms with Gasteiger partial charge >= 0.3 is 0 Å². The molecule has 4 rings (SSSR count). The lowest BCUT2D eigenvalue weighted by Crippen LogP contribution is -2.37. The van der Waals surface area contributed by atoms with E-state index >= 15 is 0 Å². The number of nitrogens with zero attached hydrogens (tertiary/aromatic N) is 2. The molecule has 154 valence electrons. The summed E-state index contributed by atoms with van der Waals surface area (Å²) in [6.07, 6.45) is 0.201. The standard InChI is InChI=1S/C20H16N2O5S3/c21-11-13-3-5-14(6-4-13)17-8-7-15(27-17)10-18-19(23)22(12-16-2-1-9-28-16)20(29-18)30(24,25)26/h1-9,18,20H,10,12H2,(H,24,25,26). The van der Waals surface area contributed by atoms with E-state index in [1.807, 2.05) is 17.5 Å². The molecule has 10 heteroatoms. The van der Waals surface area contributed by atoms with Crippen LogP contribution in [0.25, 0.3) is 11.3 Å². The molecule has 30 heavy (non-hydrogen) atoms. The fourth-order valence-electron chi connectivity index (χ4n) is 3.18. The number of carbonyl (C=O) groups excluding carboxylic acids is 1. The highest BCUT2D eigenvalue weighted by Crippen LogP contribution is 2.38. The largest absolute Gasteiger partial charge is 0.461 e. The average Bonchev–Trinajstić information content (AvgIpc) is 3.46. The van der Waals surface area contributed by atoms with Crippen LogP contribution in [0.3, 0.4) is 0 Å². The van der Waals surface area contributed by atoms with Crippen LogP contribution in [0.2, 0.25) is 0 Å². The number of thioether (sulfide) groups is 1. The van der Waals surface area contributed by atoms with Gasteiger partial charge in [-0.2, -0.15) is 13.7 Å². The summed E-state index contributed by atoms with van der Waals surface area (Å²) in [7, 11) is -4.44. The van der Waals surface area contributed by atoms with Gasteiger partial charge in [0.1, 0.15) is 11.5 Å². The summed E-state index contributed by atoms with van der Waals surface area (Å²) in [5.74, 6) is 0.770. The van der Waals surface area contributed by atoms with Crippen LogP contribution in [0.1, 0.15) is 16.2 Å². The van der Waals surface area contributed by atoms with Crippen molar-refractivity contribution >= 4 is 39.1 Å². The molecule has 3 aromatic rings. The predicted octanol–water partition coefficient (Wildman–Crippen LogP) is 3.74. The van der Waals surface area contributed by atoms with E-state index in [1.165, 1.54) is 16.2 Å². The lowest BCUT2D eigenvalue weighted by molar-refractivity contribution is -0.129. The predicted molar refractivity (Wildman–Crippen MR) is 114 cm³/mol. The molecule has 0 aliphatic carbocycles. The van der Waals surface area contributed by atoms with Gasteiger partial charge in [-0.05, 0) is 47.8 Å². The van der Waals surface area contributed by atoms with Crippen LogP contribution in [0, 0.1) is 11.3 Å². The van der Waals surface area contributed by atoms with Gasteiger partial charge in [0.2, 0.25) is 10.6 Å². The van der Waals surface area contributed by atoms with Gasteiger partial charge in [0, 0.05) is 16.9 Å². The lowest BCUT2D eigenvalue weighted by Gasteiger charge is -2.20. The van der Waals surface area contributed by atoms with E-state index in [2.05, 4.69) is 6.07 Å². The number of amides is 1. The molecular weight excluding hydrogens is 444 g/mol. The molecule has 1 saturated heterocycles. The minimum atomic E-state index is -4.44. The highest BCUT2D eigenvalue weighted by atomic mass is 32.3. The smallest absolute Gasteiger partial charge is 0.296 e. The van der Waals surface area contributed by atoms with Gasteiger partial charge in [-0.15, -0.1) is 23.1 Å². The van der Waals surface area contributed by atoms with Gasteiger partial charge in [0.15, 0.2) is 0 Å². The molecule has 0 radical (unpaired) electrons. The number of thiophene rings is 1. The van der Waals surface area contributed by atoms with Crippen molar-refractivity contribution < 1.29 is 22.2 Å². The molecule has 2 unspecified atom stereocenters. The van der Waals surface area contributed by atoms with E-state index < -0.39 is 20.1 Å². The van der Waals surface area contributed by atoms with Gasteiger partial charge in [0.25, 0.3) is 10.1 Å². The summed E-state index contributed by atoms with van der Waals surface area (Å²) in [4.78, 5) is 14.9. The first-order valence-electron chi connectivity index (χ1n) is 8.89. The second kappa shape index (κ2) is 8.28. The monoisotopic (exact) mass is 460 g/mol. The molecule has 3 heterocycles.